The van der Waals surface area contributed by atoms with Gasteiger partial charge in [0.2, 0.25) is 5.95 Å². The molecule has 1 aromatic heterocycles. The van der Waals surface area contributed by atoms with Gasteiger partial charge in [-0.1, -0.05) is 17.7 Å². The molecule has 0 saturated carbocycles. The van der Waals surface area contributed by atoms with Crippen molar-refractivity contribution in [2.45, 2.75) is 13.8 Å². The Hall–Kier alpha value is -2.10. The first kappa shape index (κ1) is 12.4. The highest BCUT2D eigenvalue weighted by atomic mass is 15.2. The summed E-state index contributed by atoms with van der Waals surface area (Å²) in [5, 5.41) is 2.96. The molecule has 0 spiro atoms. The lowest BCUT2D eigenvalue weighted by Crippen LogP contribution is -2.17. The van der Waals surface area contributed by atoms with Gasteiger partial charge in [-0.3, -0.25) is 0 Å². The summed E-state index contributed by atoms with van der Waals surface area (Å²) in [4.78, 5) is 10.8. The molecule has 0 unspecified atom stereocenters. The second-order valence-electron chi connectivity index (χ2n) is 4.07. The SMILES string of the molecule is CCN(c1ccc(C)cc1)c1ccnc(NC)n1. The van der Waals surface area contributed by atoms with Crippen LogP contribution in [0.2, 0.25) is 0 Å². The number of hydrogen-bond acceptors (Lipinski definition) is 4. The Labute approximate surface area is 108 Å². The Morgan fingerprint density at radius 1 is 1.17 bits per heavy atom. The third kappa shape index (κ3) is 2.59. The minimum Gasteiger partial charge on any atom is -0.357 e. The van der Waals surface area contributed by atoms with E-state index in [0.717, 1.165) is 18.1 Å². The summed E-state index contributed by atoms with van der Waals surface area (Å²) >= 11 is 0. The summed E-state index contributed by atoms with van der Waals surface area (Å²) in [6, 6.07) is 10.4. The van der Waals surface area contributed by atoms with Crippen molar-refractivity contribution in [1.29, 1.82) is 0 Å². The highest BCUT2D eigenvalue weighted by molar-refractivity contribution is 5.60. The van der Waals surface area contributed by atoms with Crippen LogP contribution in [0.1, 0.15) is 12.5 Å². The molecular weight excluding hydrogens is 224 g/mol. The average molecular weight is 242 g/mol. The van der Waals surface area contributed by atoms with Gasteiger partial charge < -0.3 is 10.2 Å². The Kier molecular flexibility index (Phi) is 3.77. The summed E-state index contributed by atoms with van der Waals surface area (Å²) in [6.07, 6.45) is 1.77. The lowest BCUT2D eigenvalue weighted by Gasteiger charge is -2.22. The number of anilines is 3. The fourth-order valence-electron chi connectivity index (χ4n) is 1.82. The normalized spacial score (nSPS) is 10.2. The zero-order valence-corrected chi connectivity index (χ0v) is 11.0. The van der Waals surface area contributed by atoms with E-state index in [1.165, 1.54) is 5.56 Å². The van der Waals surface area contributed by atoms with Gasteiger partial charge in [0.1, 0.15) is 5.82 Å². The van der Waals surface area contributed by atoms with Gasteiger partial charge in [0.15, 0.2) is 0 Å². The monoisotopic (exact) mass is 242 g/mol. The maximum Gasteiger partial charge on any atom is 0.224 e. The van der Waals surface area contributed by atoms with Crippen molar-refractivity contribution < 1.29 is 0 Å². The predicted molar refractivity (Wildman–Crippen MR) is 75.4 cm³/mol. The Bertz CT molecular complexity index is 507. The van der Waals surface area contributed by atoms with Crippen LogP contribution in [0.25, 0.3) is 0 Å². The molecule has 1 N–H and O–H groups in total. The highest BCUT2D eigenvalue weighted by Gasteiger charge is 2.09. The van der Waals surface area contributed by atoms with E-state index in [1.54, 1.807) is 6.20 Å². The van der Waals surface area contributed by atoms with E-state index in [4.69, 9.17) is 0 Å². The minimum atomic E-state index is 0.637. The molecule has 0 aliphatic carbocycles. The Morgan fingerprint density at radius 2 is 1.89 bits per heavy atom. The van der Waals surface area contributed by atoms with E-state index in [9.17, 15) is 0 Å². The maximum absolute atomic E-state index is 4.46. The van der Waals surface area contributed by atoms with Gasteiger partial charge in [0, 0.05) is 25.5 Å². The number of aromatic nitrogens is 2. The third-order valence-electron chi connectivity index (χ3n) is 2.80. The van der Waals surface area contributed by atoms with Crippen LogP contribution in [0.3, 0.4) is 0 Å². The van der Waals surface area contributed by atoms with Crippen LogP contribution < -0.4 is 10.2 Å². The van der Waals surface area contributed by atoms with Crippen LogP contribution in [-0.2, 0) is 0 Å². The lowest BCUT2D eigenvalue weighted by atomic mass is 10.2. The molecule has 0 aliphatic heterocycles. The number of hydrogen-bond donors (Lipinski definition) is 1. The van der Waals surface area contributed by atoms with Gasteiger partial charge in [-0.05, 0) is 32.0 Å². The predicted octanol–water partition coefficient (Wildman–Crippen LogP) is 2.98. The van der Waals surface area contributed by atoms with Gasteiger partial charge in [-0.25, -0.2) is 4.98 Å². The molecule has 2 aromatic rings. The molecule has 0 atom stereocenters. The molecule has 0 saturated heterocycles. The van der Waals surface area contributed by atoms with Crippen LogP contribution in [-0.4, -0.2) is 23.6 Å². The first-order chi connectivity index (χ1) is 8.74. The van der Waals surface area contributed by atoms with Crippen LogP contribution >= 0.6 is 0 Å². The molecule has 4 heteroatoms. The van der Waals surface area contributed by atoms with Gasteiger partial charge >= 0.3 is 0 Å². The van der Waals surface area contributed by atoms with E-state index in [1.807, 2.05) is 13.1 Å². The molecule has 4 nitrogen and oxygen atoms in total. The van der Waals surface area contributed by atoms with E-state index in [2.05, 4.69) is 58.3 Å². The lowest BCUT2D eigenvalue weighted by molar-refractivity contribution is 0.976. The number of benzene rings is 1. The van der Waals surface area contributed by atoms with Gasteiger partial charge in [-0.2, -0.15) is 4.98 Å². The van der Waals surface area contributed by atoms with Crippen LogP contribution in [0.4, 0.5) is 17.5 Å². The molecule has 0 bridgehead atoms. The van der Waals surface area contributed by atoms with Crippen molar-refractivity contribution in [2.75, 3.05) is 23.8 Å². The Morgan fingerprint density at radius 3 is 2.50 bits per heavy atom. The topological polar surface area (TPSA) is 41.1 Å². The van der Waals surface area contributed by atoms with E-state index < -0.39 is 0 Å². The quantitative estimate of drug-likeness (QED) is 0.895. The summed E-state index contributed by atoms with van der Waals surface area (Å²) in [5.41, 5.74) is 2.40. The van der Waals surface area contributed by atoms with E-state index >= 15 is 0 Å². The fourth-order valence-corrected chi connectivity index (χ4v) is 1.82. The molecule has 1 aromatic carbocycles. The first-order valence-corrected chi connectivity index (χ1v) is 6.09. The summed E-state index contributed by atoms with van der Waals surface area (Å²) in [7, 11) is 1.82. The van der Waals surface area contributed by atoms with Crippen molar-refractivity contribution in [1.82, 2.24) is 9.97 Å². The van der Waals surface area contributed by atoms with E-state index in [-0.39, 0.29) is 0 Å². The average Bonchev–Trinajstić information content (AvgIpc) is 2.42. The second-order valence-corrected chi connectivity index (χ2v) is 4.07. The molecule has 2 rings (SSSR count). The summed E-state index contributed by atoms with van der Waals surface area (Å²) in [5.74, 6) is 1.54. The van der Waals surface area contributed by atoms with Crippen LogP contribution in [0.15, 0.2) is 36.5 Å². The van der Waals surface area contributed by atoms with Crippen molar-refractivity contribution in [2.24, 2.45) is 0 Å². The largest absolute Gasteiger partial charge is 0.357 e. The van der Waals surface area contributed by atoms with Crippen molar-refractivity contribution in [3.05, 3.63) is 42.1 Å². The third-order valence-corrected chi connectivity index (χ3v) is 2.80. The standard InChI is InChI=1S/C14H18N4/c1-4-18(12-7-5-11(2)6-8-12)13-9-10-16-14(15-3)17-13/h5-10H,4H2,1-3H3,(H,15,16,17). The van der Waals surface area contributed by atoms with E-state index in [0.29, 0.717) is 5.95 Å². The molecule has 0 aliphatic rings. The molecule has 0 amide bonds. The fraction of sp³-hybridized carbons (Fsp3) is 0.286. The smallest absolute Gasteiger partial charge is 0.224 e. The summed E-state index contributed by atoms with van der Waals surface area (Å²) < 4.78 is 0. The van der Waals surface area contributed by atoms with Gasteiger partial charge in [-0.15, -0.1) is 0 Å². The zero-order valence-electron chi connectivity index (χ0n) is 11.0. The number of aryl methyl sites for hydroxylation is 1. The van der Waals surface area contributed by atoms with Crippen LogP contribution in [0, 0.1) is 6.92 Å². The molecule has 1 heterocycles. The molecular formula is C14H18N4. The van der Waals surface area contributed by atoms with Gasteiger partial charge in [0.25, 0.3) is 0 Å². The zero-order chi connectivity index (χ0) is 13.0. The summed E-state index contributed by atoms with van der Waals surface area (Å²) in [6.45, 7) is 5.06. The number of rotatable bonds is 4. The number of nitrogens with zero attached hydrogens (tertiary/aromatic N) is 3. The molecule has 18 heavy (non-hydrogen) atoms. The second kappa shape index (κ2) is 5.49. The maximum atomic E-state index is 4.46. The Balaban J connectivity index is 2.35. The minimum absolute atomic E-state index is 0.637. The first-order valence-electron chi connectivity index (χ1n) is 6.09. The van der Waals surface area contributed by atoms with Gasteiger partial charge in [0.05, 0.1) is 0 Å². The molecule has 94 valence electrons. The molecule has 0 radical (unpaired) electrons. The van der Waals surface area contributed by atoms with Crippen molar-refractivity contribution in [3.63, 3.8) is 0 Å². The molecule has 0 fully saturated rings. The van der Waals surface area contributed by atoms with Crippen molar-refractivity contribution >= 4 is 17.5 Å². The number of nitrogens with one attached hydrogen (secondary N) is 1. The van der Waals surface area contributed by atoms with Crippen LogP contribution in [0.5, 0.6) is 0 Å². The van der Waals surface area contributed by atoms with Crippen molar-refractivity contribution in [3.8, 4) is 0 Å². The highest BCUT2D eigenvalue weighted by Crippen LogP contribution is 2.23.